The first kappa shape index (κ1) is 13.3. The summed E-state index contributed by atoms with van der Waals surface area (Å²) in [6.07, 6.45) is 0. The van der Waals surface area contributed by atoms with Crippen LogP contribution in [0.3, 0.4) is 0 Å². The molecule has 6 nitrogen and oxygen atoms in total. The molecule has 2 heterocycles. The lowest BCUT2D eigenvalue weighted by molar-refractivity contribution is 1.11. The van der Waals surface area contributed by atoms with Gasteiger partial charge in [-0.05, 0) is 12.1 Å². The molecule has 0 amide bonds. The predicted octanol–water partition coefficient (Wildman–Crippen LogP) is 3.06. The third-order valence-electron chi connectivity index (χ3n) is 3.44. The Morgan fingerprint density at radius 1 is 0.826 bits per heavy atom. The number of nitrogens with one attached hydrogen (secondary N) is 3. The van der Waals surface area contributed by atoms with Crippen molar-refractivity contribution in [2.24, 2.45) is 0 Å². The highest BCUT2D eigenvalue weighted by molar-refractivity contribution is 5.77. The molecular weight excluding hydrogens is 290 g/mol. The number of imidazole rings is 1. The molecule has 0 aliphatic heterocycles. The molecule has 3 N–H and O–H groups in total. The van der Waals surface area contributed by atoms with Crippen molar-refractivity contribution in [2.45, 2.75) is 0 Å². The Morgan fingerprint density at radius 2 is 1.57 bits per heavy atom. The number of aromatic amines is 2. The zero-order valence-corrected chi connectivity index (χ0v) is 12.1. The predicted molar refractivity (Wildman–Crippen MR) is 89.7 cm³/mol. The van der Waals surface area contributed by atoms with E-state index in [0.29, 0.717) is 17.6 Å². The lowest BCUT2D eigenvalue weighted by Crippen LogP contribution is -2.10. The van der Waals surface area contributed by atoms with Gasteiger partial charge in [-0.15, -0.1) is 0 Å². The van der Waals surface area contributed by atoms with Crippen molar-refractivity contribution < 1.29 is 0 Å². The van der Waals surface area contributed by atoms with E-state index in [9.17, 15) is 4.79 Å². The second-order valence-corrected chi connectivity index (χ2v) is 5.07. The fraction of sp³-hybridized carbons (Fsp3) is 0. The number of nitrogens with zero attached hydrogens (tertiary/aromatic N) is 2. The summed E-state index contributed by atoms with van der Waals surface area (Å²) in [7, 11) is 0. The first-order valence-corrected chi connectivity index (χ1v) is 7.16. The van der Waals surface area contributed by atoms with Crippen LogP contribution in [0.15, 0.2) is 65.5 Å². The van der Waals surface area contributed by atoms with Crippen LogP contribution in [0.5, 0.6) is 0 Å². The highest BCUT2D eigenvalue weighted by Crippen LogP contribution is 2.18. The minimum atomic E-state index is -0.225. The molecule has 0 bridgehead atoms. The van der Waals surface area contributed by atoms with Gasteiger partial charge in [0.2, 0.25) is 11.9 Å². The van der Waals surface area contributed by atoms with Crippen LogP contribution in [0, 0.1) is 0 Å². The summed E-state index contributed by atoms with van der Waals surface area (Å²) in [6, 6.07) is 18.7. The van der Waals surface area contributed by atoms with E-state index in [2.05, 4.69) is 25.3 Å². The average Bonchev–Trinajstić information content (AvgIpc) is 2.97. The van der Waals surface area contributed by atoms with Gasteiger partial charge >= 0.3 is 0 Å². The summed E-state index contributed by atoms with van der Waals surface area (Å²) in [5.74, 6) is 0.870. The van der Waals surface area contributed by atoms with Crippen molar-refractivity contribution in [1.82, 2.24) is 19.9 Å². The Labute approximate surface area is 131 Å². The molecular formula is C17H13N5O. The Hall–Kier alpha value is -3.41. The Bertz CT molecular complexity index is 987. The Kier molecular flexibility index (Phi) is 3.12. The molecule has 0 fully saturated rings. The van der Waals surface area contributed by atoms with Crippen LogP contribution in [0.1, 0.15) is 0 Å². The molecule has 4 aromatic rings. The molecule has 0 atom stereocenters. The fourth-order valence-corrected chi connectivity index (χ4v) is 2.40. The number of para-hydroxylation sites is 2. The summed E-state index contributed by atoms with van der Waals surface area (Å²) in [6.45, 7) is 0. The molecule has 0 unspecified atom stereocenters. The van der Waals surface area contributed by atoms with Gasteiger partial charge in [-0.1, -0.05) is 42.5 Å². The summed E-state index contributed by atoms with van der Waals surface area (Å²) < 4.78 is 0. The van der Waals surface area contributed by atoms with E-state index in [1.165, 1.54) is 6.07 Å². The van der Waals surface area contributed by atoms with Crippen molar-refractivity contribution in [3.05, 3.63) is 71.0 Å². The second kappa shape index (κ2) is 5.42. The number of hydrogen-bond donors (Lipinski definition) is 3. The Morgan fingerprint density at radius 3 is 2.39 bits per heavy atom. The van der Waals surface area contributed by atoms with Crippen LogP contribution < -0.4 is 10.9 Å². The zero-order valence-electron chi connectivity index (χ0n) is 12.1. The van der Waals surface area contributed by atoms with Crippen LogP contribution >= 0.6 is 0 Å². The monoisotopic (exact) mass is 303 g/mol. The van der Waals surface area contributed by atoms with Gasteiger partial charge in [0.1, 0.15) is 0 Å². The van der Waals surface area contributed by atoms with E-state index in [1.54, 1.807) is 0 Å². The van der Waals surface area contributed by atoms with Crippen molar-refractivity contribution in [3.63, 3.8) is 0 Å². The maximum atomic E-state index is 11.9. The molecule has 0 radical (unpaired) electrons. The first-order valence-electron chi connectivity index (χ1n) is 7.16. The van der Waals surface area contributed by atoms with Gasteiger partial charge in [-0.2, -0.15) is 0 Å². The third-order valence-corrected chi connectivity index (χ3v) is 3.44. The second-order valence-electron chi connectivity index (χ2n) is 5.07. The van der Waals surface area contributed by atoms with E-state index in [4.69, 9.17) is 0 Å². The topological polar surface area (TPSA) is 86.5 Å². The molecule has 4 rings (SSSR count). The zero-order chi connectivity index (χ0) is 15.6. The van der Waals surface area contributed by atoms with Crippen molar-refractivity contribution in [1.29, 1.82) is 0 Å². The largest absolute Gasteiger partial charge is 0.324 e. The quantitative estimate of drug-likeness (QED) is 0.543. The number of H-pyrrole nitrogens is 2. The number of anilines is 2. The summed E-state index contributed by atoms with van der Waals surface area (Å²) in [5, 5.41) is 3.01. The highest BCUT2D eigenvalue weighted by Gasteiger charge is 2.06. The molecule has 2 aromatic heterocycles. The van der Waals surface area contributed by atoms with Gasteiger partial charge < -0.3 is 4.98 Å². The van der Waals surface area contributed by atoms with Gasteiger partial charge in [0.15, 0.2) is 0 Å². The number of fused-ring (bicyclic) bond motifs is 1. The first-order chi connectivity index (χ1) is 11.3. The number of aromatic nitrogens is 4. The number of benzene rings is 2. The van der Waals surface area contributed by atoms with E-state index in [1.807, 2.05) is 54.6 Å². The van der Waals surface area contributed by atoms with Gasteiger partial charge in [0, 0.05) is 11.6 Å². The molecule has 23 heavy (non-hydrogen) atoms. The van der Waals surface area contributed by atoms with Crippen LogP contribution in [-0.2, 0) is 0 Å². The van der Waals surface area contributed by atoms with Crippen LogP contribution in [-0.4, -0.2) is 19.9 Å². The molecule has 0 saturated heterocycles. The van der Waals surface area contributed by atoms with Gasteiger partial charge in [-0.3, -0.25) is 15.1 Å². The summed E-state index contributed by atoms with van der Waals surface area (Å²) >= 11 is 0. The molecule has 0 aliphatic rings. The molecule has 2 aromatic carbocycles. The van der Waals surface area contributed by atoms with Crippen LogP contribution in [0.25, 0.3) is 22.3 Å². The smallest absolute Gasteiger partial charge is 0.252 e. The molecule has 0 aliphatic carbocycles. The molecule has 6 heteroatoms. The van der Waals surface area contributed by atoms with Gasteiger partial charge in [-0.25, -0.2) is 9.97 Å². The minimum Gasteiger partial charge on any atom is -0.324 e. The van der Waals surface area contributed by atoms with Crippen molar-refractivity contribution >= 4 is 22.9 Å². The van der Waals surface area contributed by atoms with E-state index < -0.39 is 0 Å². The normalized spacial score (nSPS) is 10.8. The van der Waals surface area contributed by atoms with E-state index >= 15 is 0 Å². The lowest BCUT2D eigenvalue weighted by atomic mass is 10.1. The number of rotatable bonds is 3. The highest BCUT2D eigenvalue weighted by atomic mass is 16.1. The molecule has 112 valence electrons. The summed E-state index contributed by atoms with van der Waals surface area (Å²) in [4.78, 5) is 26.5. The van der Waals surface area contributed by atoms with Crippen LogP contribution in [0.2, 0.25) is 0 Å². The lowest BCUT2D eigenvalue weighted by Gasteiger charge is -2.04. The Balaban J connectivity index is 1.71. The van der Waals surface area contributed by atoms with Crippen LogP contribution in [0.4, 0.5) is 11.9 Å². The minimum absolute atomic E-state index is 0.225. The SMILES string of the molecule is O=c1cc(-c2ccccc2)nc(Nc2nc3ccccc3[nH]2)[nH]1. The molecule has 0 saturated carbocycles. The van der Waals surface area contributed by atoms with Crippen molar-refractivity contribution in [3.8, 4) is 11.3 Å². The molecule has 0 spiro atoms. The van der Waals surface area contributed by atoms with E-state index in [0.717, 1.165) is 16.6 Å². The maximum Gasteiger partial charge on any atom is 0.252 e. The maximum absolute atomic E-state index is 11.9. The summed E-state index contributed by atoms with van der Waals surface area (Å²) in [5.41, 5.74) is 3.02. The van der Waals surface area contributed by atoms with Crippen molar-refractivity contribution in [2.75, 3.05) is 5.32 Å². The standard InChI is InChI=1S/C17H13N5O/c23-15-10-14(11-6-2-1-3-7-11)20-17(21-15)22-16-18-12-8-4-5-9-13(12)19-16/h1-10H,(H3,18,19,20,21,22,23). The fourth-order valence-electron chi connectivity index (χ4n) is 2.40. The number of hydrogen-bond acceptors (Lipinski definition) is 4. The van der Waals surface area contributed by atoms with Gasteiger partial charge in [0.05, 0.1) is 16.7 Å². The average molecular weight is 303 g/mol. The third kappa shape index (κ3) is 2.69. The van der Waals surface area contributed by atoms with Gasteiger partial charge in [0.25, 0.3) is 5.56 Å². The van der Waals surface area contributed by atoms with E-state index in [-0.39, 0.29) is 5.56 Å².